The molecule has 4 atom stereocenters. The minimum atomic E-state index is -0.334. The molecule has 120 valence electrons. The number of carbonyl (C=O) groups is 2. The Morgan fingerprint density at radius 2 is 2.14 bits per heavy atom. The van der Waals surface area contributed by atoms with Crippen molar-refractivity contribution in [1.82, 2.24) is 10.2 Å². The number of amides is 2. The summed E-state index contributed by atoms with van der Waals surface area (Å²) >= 11 is 1.91. The second kappa shape index (κ2) is 7.52. The van der Waals surface area contributed by atoms with Crippen LogP contribution in [0.3, 0.4) is 0 Å². The van der Waals surface area contributed by atoms with E-state index in [1.54, 1.807) is 0 Å². The van der Waals surface area contributed by atoms with Gasteiger partial charge in [0.25, 0.3) is 0 Å². The van der Waals surface area contributed by atoms with Crippen LogP contribution in [-0.4, -0.2) is 46.8 Å². The lowest BCUT2D eigenvalue weighted by atomic mass is 9.92. The van der Waals surface area contributed by atoms with Crippen LogP contribution in [0.15, 0.2) is 0 Å². The van der Waals surface area contributed by atoms with Gasteiger partial charge in [0.1, 0.15) is 6.04 Å². The molecule has 1 heterocycles. The van der Waals surface area contributed by atoms with E-state index >= 15 is 0 Å². The summed E-state index contributed by atoms with van der Waals surface area (Å²) in [6.45, 7) is 4.71. The molecule has 1 saturated heterocycles. The molecule has 2 rings (SSSR count). The fraction of sp³-hybridized carbons (Fsp3) is 0.875. The summed E-state index contributed by atoms with van der Waals surface area (Å²) in [7, 11) is 0. The minimum absolute atomic E-state index is 0.0216. The van der Waals surface area contributed by atoms with E-state index in [2.05, 4.69) is 25.4 Å². The number of nitrogens with one attached hydrogen (secondary N) is 1. The zero-order valence-electron chi connectivity index (χ0n) is 13.4. The maximum atomic E-state index is 12.9. The summed E-state index contributed by atoms with van der Waals surface area (Å²) < 4.78 is 0. The van der Waals surface area contributed by atoms with Crippen molar-refractivity contribution in [2.24, 2.45) is 5.92 Å². The third kappa shape index (κ3) is 3.93. The van der Waals surface area contributed by atoms with E-state index in [9.17, 15) is 9.59 Å². The van der Waals surface area contributed by atoms with Crippen LogP contribution in [0, 0.1) is 5.92 Å². The number of thioether (sulfide) groups is 1. The Hall–Kier alpha value is -0.710. The highest BCUT2D eigenvalue weighted by atomic mass is 32.2. The van der Waals surface area contributed by atoms with E-state index in [-0.39, 0.29) is 23.8 Å². The van der Waals surface area contributed by atoms with Crippen molar-refractivity contribution in [2.75, 3.05) is 12.8 Å². The lowest BCUT2D eigenvalue weighted by Crippen LogP contribution is -2.52. The predicted molar refractivity (Wildman–Crippen MR) is 87.3 cm³/mol. The second-order valence-electron chi connectivity index (χ2n) is 6.39. The first-order valence-electron chi connectivity index (χ1n) is 8.19. The van der Waals surface area contributed by atoms with Crippen molar-refractivity contribution in [1.29, 1.82) is 0 Å². The Balaban J connectivity index is 2.13. The molecule has 0 aromatic rings. The molecule has 21 heavy (non-hydrogen) atoms. The van der Waals surface area contributed by atoms with Crippen LogP contribution in [0.4, 0.5) is 0 Å². The molecule has 0 aromatic heterocycles. The molecular weight excluding hydrogens is 284 g/mol. The number of hydrogen-bond acceptors (Lipinski definition) is 3. The highest BCUT2D eigenvalue weighted by molar-refractivity contribution is 7.99. The van der Waals surface area contributed by atoms with E-state index in [1.165, 1.54) is 12.8 Å². The van der Waals surface area contributed by atoms with Crippen molar-refractivity contribution in [3.05, 3.63) is 0 Å². The molecule has 4 nitrogen and oxygen atoms in total. The Bertz CT molecular complexity index is 388. The largest absolute Gasteiger partial charge is 0.344 e. The number of carbonyl (C=O) groups excluding carboxylic acids is 2. The highest BCUT2D eigenvalue weighted by Crippen LogP contribution is 2.31. The van der Waals surface area contributed by atoms with Gasteiger partial charge in [-0.15, -0.1) is 0 Å². The standard InChI is InChI=1S/C16H28N2O2S/c1-4-11(2)15-16(20)18(9-8-14(19)17-15)12-6-5-7-13(10-12)21-3/h11-13,15H,4-10H2,1-3H3,(H,17,19). The van der Waals surface area contributed by atoms with Crippen molar-refractivity contribution in [3.8, 4) is 0 Å². The number of rotatable bonds is 4. The fourth-order valence-electron chi connectivity index (χ4n) is 3.42. The van der Waals surface area contributed by atoms with Gasteiger partial charge in [-0.2, -0.15) is 11.8 Å². The first-order chi connectivity index (χ1) is 10.1. The maximum Gasteiger partial charge on any atom is 0.245 e. The second-order valence-corrected chi connectivity index (χ2v) is 7.53. The van der Waals surface area contributed by atoms with E-state index < -0.39 is 0 Å². The molecule has 1 aliphatic carbocycles. The molecule has 2 aliphatic rings. The maximum absolute atomic E-state index is 12.9. The van der Waals surface area contributed by atoms with Crippen LogP contribution >= 0.6 is 11.8 Å². The Kier molecular flexibility index (Phi) is 5.97. The molecule has 1 N–H and O–H groups in total. The Labute approximate surface area is 132 Å². The van der Waals surface area contributed by atoms with Crippen molar-refractivity contribution < 1.29 is 9.59 Å². The van der Waals surface area contributed by atoms with Crippen LogP contribution in [0.5, 0.6) is 0 Å². The zero-order chi connectivity index (χ0) is 15.4. The summed E-state index contributed by atoms with van der Waals surface area (Å²) in [5, 5.41) is 3.60. The highest BCUT2D eigenvalue weighted by Gasteiger charge is 2.37. The van der Waals surface area contributed by atoms with Gasteiger partial charge in [0.15, 0.2) is 0 Å². The van der Waals surface area contributed by atoms with Crippen LogP contribution in [0.2, 0.25) is 0 Å². The van der Waals surface area contributed by atoms with Gasteiger partial charge in [0.2, 0.25) is 11.8 Å². The smallest absolute Gasteiger partial charge is 0.245 e. The van der Waals surface area contributed by atoms with E-state index in [1.807, 2.05) is 16.7 Å². The third-order valence-corrected chi connectivity index (χ3v) is 6.13. The molecule has 0 aromatic carbocycles. The van der Waals surface area contributed by atoms with Gasteiger partial charge < -0.3 is 10.2 Å². The molecule has 2 fully saturated rings. The van der Waals surface area contributed by atoms with Gasteiger partial charge in [0, 0.05) is 24.3 Å². The van der Waals surface area contributed by atoms with Gasteiger partial charge >= 0.3 is 0 Å². The first-order valence-corrected chi connectivity index (χ1v) is 9.48. The summed E-state index contributed by atoms with van der Waals surface area (Å²) in [6, 6.07) is -0.0115. The SMILES string of the molecule is CCC(C)C1NC(=O)CCN(C2CCCC(SC)C2)C1=O. The van der Waals surface area contributed by atoms with Gasteiger partial charge in [-0.1, -0.05) is 26.7 Å². The fourth-order valence-corrected chi connectivity index (χ4v) is 4.24. The van der Waals surface area contributed by atoms with E-state index in [4.69, 9.17) is 0 Å². The zero-order valence-corrected chi connectivity index (χ0v) is 14.2. The lowest BCUT2D eigenvalue weighted by Gasteiger charge is -2.38. The van der Waals surface area contributed by atoms with Crippen molar-refractivity contribution in [2.45, 2.75) is 69.7 Å². The van der Waals surface area contributed by atoms with E-state index in [0.717, 1.165) is 19.3 Å². The first kappa shape index (κ1) is 16.7. The van der Waals surface area contributed by atoms with Crippen molar-refractivity contribution >= 4 is 23.6 Å². The Morgan fingerprint density at radius 1 is 1.38 bits per heavy atom. The molecule has 2 amide bonds. The van der Waals surface area contributed by atoms with Gasteiger partial charge in [-0.3, -0.25) is 9.59 Å². The number of nitrogens with zero attached hydrogens (tertiary/aromatic N) is 1. The van der Waals surface area contributed by atoms with Crippen LogP contribution in [0.25, 0.3) is 0 Å². The van der Waals surface area contributed by atoms with Crippen LogP contribution in [-0.2, 0) is 9.59 Å². The molecule has 0 bridgehead atoms. The average Bonchev–Trinajstić information content (AvgIpc) is 2.66. The minimum Gasteiger partial charge on any atom is -0.344 e. The molecule has 1 saturated carbocycles. The average molecular weight is 312 g/mol. The third-order valence-electron chi connectivity index (χ3n) is 5.03. The van der Waals surface area contributed by atoms with Crippen molar-refractivity contribution in [3.63, 3.8) is 0 Å². The quantitative estimate of drug-likeness (QED) is 0.867. The summed E-state index contributed by atoms with van der Waals surface area (Å²) in [5.74, 6) is 0.359. The normalized spacial score (nSPS) is 32.5. The molecular formula is C16H28N2O2S. The van der Waals surface area contributed by atoms with Crippen LogP contribution < -0.4 is 5.32 Å². The van der Waals surface area contributed by atoms with Gasteiger partial charge in [-0.25, -0.2) is 0 Å². The van der Waals surface area contributed by atoms with Gasteiger partial charge in [0.05, 0.1) is 0 Å². The van der Waals surface area contributed by atoms with Gasteiger partial charge in [-0.05, 0) is 31.4 Å². The molecule has 0 spiro atoms. The monoisotopic (exact) mass is 312 g/mol. The lowest BCUT2D eigenvalue weighted by molar-refractivity contribution is -0.137. The summed E-state index contributed by atoms with van der Waals surface area (Å²) in [4.78, 5) is 26.8. The van der Waals surface area contributed by atoms with E-state index in [0.29, 0.717) is 24.3 Å². The Morgan fingerprint density at radius 3 is 2.81 bits per heavy atom. The molecule has 4 unspecified atom stereocenters. The molecule has 0 radical (unpaired) electrons. The molecule has 5 heteroatoms. The summed E-state index contributed by atoms with van der Waals surface area (Å²) in [6.07, 6.45) is 8.12. The number of hydrogen-bond donors (Lipinski definition) is 1. The molecule has 1 aliphatic heterocycles. The van der Waals surface area contributed by atoms with Crippen LogP contribution in [0.1, 0.15) is 52.4 Å². The topological polar surface area (TPSA) is 49.4 Å². The summed E-state index contributed by atoms with van der Waals surface area (Å²) in [5.41, 5.74) is 0. The predicted octanol–water partition coefficient (Wildman–Crippen LogP) is 2.42.